The van der Waals surface area contributed by atoms with E-state index in [1.165, 1.54) is 14.2 Å². The molecule has 0 saturated carbocycles. The molecule has 0 N–H and O–H groups in total. The molecule has 2 aliphatic rings. The SMILES string of the molecule is COC(=O)[C@@]1(Br)[C@H]2O[C@@H]([C@@H](Br)[C@@H]2Br)[C@@]1(Br)C(=O)OC. The highest BCUT2D eigenvalue weighted by molar-refractivity contribution is 9.14. The molecule has 0 aromatic rings. The highest BCUT2D eigenvalue weighted by atomic mass is 79.9. The molecule has 0 spiro atoms. The van der Waals surface area contributed by atoms with Crippen LogP contribution in [0.5, 0.6) is 0 Å². The number of hydrogen-bond donors (Lipinski definition) is 0. The van der Waals surface area contributed by atoms with Gasteiger partial charge >= 0.3 is 11.9 Å². The average Bonchev–Trinajstić information content (AvgIpc) is 2.83. The van der Waals surface area contributed by atoms with Gasteiger partial charge in [-0.05, 0) is 0 Å². The molecular formula is C10H10Br4O5. The Morgan fingerprint density at radius 2 is 1.26 bits per heavy atom. The maximum Gasteiger partial charge on any atom is 0.327 e. The molecule has 2 heterocycles. The first-order chi connectivity index (χ1) is 8.76. The van der Waals surface area contributed by atoms with Crippen molar-refractivity contribution in [1.82, 2.24) is 0 Å². The van der Waals surface area contributed by atoms with E-state index < -0.39 is 32.8 Å². The zero-order valence-electron chi connectivity index (χ0n) is 9.86. The molecule has 0 unspecified atom stereocenters. The molecule has 2 rings (SSSR count). The molecule has 0 aliphatic carbocycles. The molecule has 2 fully saturated rings. The second kappa shape index (κ2) is 5.23. The Bertz CT molecular complexity index is 394. The molecule has 0 aromatic heterocycles. The normalized spacial score (nSPS) is 48.1. The summed E-state index contributed by atoms with van der Waals surface area (Å²) in [5.74, 6) is -1.18. The van der Waals surface area contributed by atoms with Crippen molar-refractivity contribution in [3.8, 4) is 0 Å². The van der Waals surface area contributed by atoms with Gasteiger partial charge in [0.15, 0.2) is 8.65 Å². The Balaban J connectivity index is 2.56. The summed E-state index contributed by atoms with van der Waals surface area (Å²) < 4.78 is 12.7. The van der Waals surface area contributed by atoms with Crippen molar-refractivity contribution in [2.75, 3.05) is 14.2 Å². The maximum absolute atomic E-state index is 12.2. The number of alkyl halides is 4. The first-order valence-corrected chi connectivity index (χ1v) is 8.66. The van der Waals surface area contributed by atoms with E-state index in [1.54, 1.807) is 0 Å². The molecule has 9 heteroatoms. The van der Waals surface area contributed by atoms with Crippen LogP contribution in [0, 0.1) is 0 Å². The van der Waals surface area contributed by atoms with Crippen molar-refractivity contribution >= 4 is 75.7 Å². The van der Waals surface area contributed by atoms with Gasteiger partial charge in [-0.15, -0.1) is 0 Å². The predicted octanol–water partition coefficient (Wildman–Crippen LogP) is 1.91. The Labute approximate surface area is 143 Å². The Morgan fingerprint density at radius 1 is 0.947 bits per heavy atom. The number of rotatable bonds is 2. The molecule has 0 aromatic carbocycles. The quantitative estimate of drug-likeness (QED) is 0.404. The van der Waals surface area contributed by atoms with E-state index in [0.29, 0.717) is 0 Å². The van der Waals surface area contributed by atoms with Crippen molar-refractivity contribution in [1.29, 1.82) is 0 Å². The Morgan fingerprint density at radius 3 is 1.53 bits per heavy atom. The van der Waals surface area contributed by atoms with Gasteiger partial charge in [0.05, 0.1) is 36.1 Å². The van der Waals surface area contributed by atoms with Crippen LogP contribution in [0.4, 0.5) is 0 Å². The van der Waals surface area contributed by atoms with E-state index in [0.717, 1.165) is 0 Å². The standard InChI is InChI=1S/C10H10Br4O5/c1-17-7(15)9(13)5-3(11)4(12)6(19-5)10(9,14)8(16)18-2/h3-6H,1-2H3/t3-,4-,5-,6-,9-,10+/m0/s1. The fraction of sp³-hybridized carbons (Fsp3) is 0.800. The lowest BCUT2D eigenvalue weighted by Crippen LogP contribution is -2.67. The zero-order chi connectivity index (χ0) is 14.6. The number of hydrogen-bond acceptors (Lipinski definition) is 5. The molecular weight excluding hydrogens is 520 g/mol. The number of halogens is 4. The summed E-state index contributed by atoms with van der Waals surface area (Å²) in [5, 5.41) is 0. The van der Waals surface area contributed by atoms with Crippen LogP contribution in [-0.4, -0.2) is 56.7 Å². The summed E-state index contributed by atoms with van der Waals surface area (Å²) in [6.45, 7) is 0. The molecule has 2 bridgehead atoms. The molecule has 2 saturated heterocycles. The molecule has 19 heavy (non-hydrogen) atoms. The van der Waals surface area contributed by atoms with E-state index in [1.807, 2.05) is 0 Å². The second-order valence-corrected chi connectivity index (χ2v) is 8.89. The van der Waals surface area contributed by atoms with Crippen LogP contribution in [-0.2, 0) is 23.8 Å². The number of esters is 2. The second-order valence-electron chi connectivity index (χ2n) is 4.27. The van der Waals surface area contributed by atoms with Crippen LogP contribution < -0.4 is 0 Å². The average molecular weight is 530 g/mol. The van der Waals surface area contributed by atoms with Gasteiger partial charge in [-0.2, -0.15) is 0 Å². The lowest BCUT2D eigenvalue weighted by molar-refractivity contribution is -0.152. The van der Waals surface area contributed by atoms with E-state index >= 15 is 0 Å². The van der Waals surface area contributed by atoms with Gasteiger partial charge in [-0.3, -0.25) is 9.59 Å². The van der Waals surface area contributed by atoms with Crippen molar-refractivity contribution in [3.05, 3.63) is 0 Å². The highest BCUT2D eigenvalue weighted by Crippen LogP contribution is 2.61. The fourth-order valence-electron chi connectivity index (χ4n) is 2.51. The van der Waals surface area contributed by atoms with E-state index in [2.05, 4.69) is 63.7 Å². The van der Waals surface area contributed by atoms with Gasteiger partial charge < -0.3 is 14.2 Å². The third kappa shape index (κ3) is 1.84. The number of methoxy groups -OCH3 is 2. The van der Waals surface area contributed by atoms with Gasteiger partial charge in [0.1, 0.15) is 0 Å². The summed E-state index contributed by atoms with van der Waals surface area (Å²) in [5.41, 5.74) is 0. The van der Waals surface area contributed by atoms with Gasteiger partial charge in [0, 0.05) is 0 Å². The number of ether oxygens (including phenoxy) is 3. The lowest BCUT2D eigenvalue weighted by atomic mass is 9.78. The van der Waals surface area contributed by atoms with E-state index in [-0.39, 0.29) is 9.65 Å². The first-order valence-electron chi connectivity index (χ1n) is 5.25. The van der Waals surface area contributed by atoms with Crippen LogP contribution in [0.2, 0.25) is 0 Å². The molecule has 0 radical (unpaired) electrons. The van der Waals surface area contributed by atoms with E-state index in [4.69, 9.17) is 14.2 Å². The fourth-order valence-corrected chi connectivity index (χ4v) is 6.70. The monoisotopic (exact) mass is 526 g/mol. The third-order valence-electron chi connectivity index (χ3n) is 3.45. The minimum absolute atomic E-state index is 0.147. The van der Waals surface area contributed by atoms with Gasteiger partial charge in [0.25, 0.3) is 0 Å². The van der Waals surface area contributed by atoms with Crippen molar-refractivity contribution < 1.29 is 23.8 Å². The summed E-state index contributed by atoms with van der Waals surface area (Å²) in [6, 6.07) is 0. The minimum Gasteiger partial charge on any atom is -0.468 e. The topological polar surface area (TPSA) is 61.8 Å². The summed E-state index contributed by atoms with van der Waals surface area (Å²) in [7, 11) is 2.52. The van der Waals surface area contributed by atoms with Crippen LogP contribution in [0.3, 0.4) is 0 Å². The van der Waals surface area contributed by atoms with Crippen LogP contribution in [0.15, 0.2) is 0 Å². The molecule has 108 valence electrons. The Hall–Kier alpha value is 0.820. The van der Waals surface area contributed by atoms with Gasteiger partial charge in [0.2, 0.25) is 0 Å². The zero-order valence-corrected chi connectivity index (χ0v) is 16.2. The van der Waals surface area contributed by atoms with Crippen molar-refractivity contribution in [3.63, 3.8) is 0 Å². The van der Waals surface area contributed by atoms with Crippen molar-refractivity contribution in [2.45, 2.75) is 30.5 Å². The van der Waals surface area contributed by atoms with Crippen LogP contribution in [0.1, 0.15) is 0 Å². The van der Waals surface area contributed by atoms with Gasteiger partial charge in [-0.1, -0.05) is 63.7 Å². The molecule has 0 amide bonds. The summed E-state index contributed by atoms with van der Waals surface area (Å²) >= 11 is 13.7. The van der Waals surface area contributed by atoms with Crippen LogP contribution >= 0.6 is 63.7 Å². The summed E-state index contributed by atoms with van der Waals surface area (Å²) in [6.07, 6.45) is -1.15. The lowest BCUT2D eigenvalue weighted by Gasteiger charge is -2.42. The molecule has 5 nitrogen and oxygen atoms in total. The van der Waals surface area contributed by atoms with Gasteiger partial charge in [-0.25, -0.2) is 0 Å². The highest BCUT2D eigenvalue weighted by Gasteiger charge is 2.80. The largest absolute Gasteiger partial charge is 0.468 e. The smallest absolute Gasteiger partial charge is 0.327 e. The Kier molecular flexibility index (Phi) is 4.45. The number of fused-ring (bicyclic) bond motifs is 2. The van der Waals surface area contributed by atoms with Crippen molar-refractivity contribution in [2.24, 2.45) is 0 Å². The maximum atomic E-state index is 12.2. The summed E-state index contributed by atoms with van der Waals surface area (Å²) in [4.78, 5) is 24.1. The number of carbonyl (C=O) groups excluding carboxylic acids is 2. The van der Waals surface area contributed by atoms with Crippen LogP contribution in [0.25, 0.3) is 0 Å². The predicted molar refractivity (Wildman–Crippen MR) is 81.4 cm³/mol. The minimum atomic E-state index is -1.36. The molecule has 6 atom stereocenters. The number of carbonyl (C=O) groups is 2. The molecule has 2 aliphatic heterocycles. The third-order valence-corrected chi connectivity index (χ3v) is 9.60. The van der Waals surface area contributed by atoms with E-state index in [9.17, 15) is 9.59 Å². The first kappa shape index (κ1) is 16.2.